The number of hydrogen-bond acceptors (Lipinski definition) is 4. The molecule has 0 aromatic heterocycles. The number of esters is 1. The van der Waals surface area contributed by atoms with Gasteiger partial charge in [-0.25, -0.2) is 4.39 Å². The summed E-state index contributed by atoms with van der Waals surface area (Å²) in [6.45, 7) is 0. The van der Waals surface area contributed by atoms with Crippen LogP contribution in [0.4, 0.5) is 4.39 Å². The van der Waals surface area contributed by atoms with E-state index in [2.05, 4.69) is 22.9 Å². The zero-order chi connectivity index (χ0) is 24.1. The maximum atomic E-state index is 13.7. The molecule has 4 rings (SSSR count). The molecule has 0 heterocycles. The maximum Gasteiger partial charge on any atom is 0.313 e. The molecule has 1 unspecified atom stereocenters. The van der Waals surface area contributed by atoms with E-state index in [0.717, 1.165) is 48.0 Å². The lowest BCUT2D eigenvalue weighted by Gasteiger charge is -2.31. The Balaban J connectivity index is 1.71. The summed E-state index contributed by atoms with van der Waals surface area (Å²) in [4.78, 5) is 23.4. The number of benzene rings is 2. The van der Waals surface area contributed by atoms with Crippen molar-refractivity contribution >= 4 is 22.9 Å². The number of rotatable bonds is 8. The first-order chi connectivity index (χ1) is 16.4. The molecule has 1 N–H and O–H groups in total. The first-order valence-electron chi connectivity index (χ1n) is 11.7. The van der Waals surface area contributed by atoms with Crippen LogP contribution < -0.4 is 0 Å². The summed E-state index contributed by atoms with van der Waals surface area (Å²) >= 11 is 0. The van der Waals surface area contributed by atoms with E-state index in [1.165, 1.54) is 24.8 Å². The first kappa shape index (κ1) is 23.8. The molecule has 0 radical (unpaired) electrons. The van der Waals surface area contributed by atoms with Crippen LogP contribution >= 0.6 is 0 Å². The van der Waals surface area contributed by atoms with Gasteiger partial charge in [0, 0.05) is 11.8 Å². The molecule has 176 valence electrons. The number of carbonyl (C=O) groups excluding carboxylic acids is 2. The molecule has 1 spiro atoms. The highest BCUT2D eigenvalue weighted by molar-refractivity contribution is 5.97. The fourth-order valence-corrected chi connectivity index (χ4v) is 5.19. The number of halogens is 1. The Morgan fingerprint density at radius 3 is 2.38 bits per heavy atom. The SMILES string of the molecule is COC(=O)CC(=O)CC(O)C=CC1=C(c2ccc(F)cc2)C=C(c2ccccc2)C12CCCC2. The van der Waals surface area contributed by atoms with Crippen molar-refractivity contribution in [3.8, 4) is 0 Å². The van der Waals surface area contributed by atoms with Crippen LogP contribution in [0.5, 0.6) is 0 Å². The van der Waals surface area contributed by atoms with Gasteiger partial charge in [0.2, 0.25) is 0 Å². The molecular formula is C29H29FO4. The van der Waals surface area contributed by atoms with Crippen molar-refractivity contribution in [3.63, 3.8) is 0 Å². The molecule has 2 aliphatic carbocycles. The molecule has 0 aliphatic heterocycles. The summed E-state index contributed by atoms with van der Waals surface area (Å²) in [7, 11) is 1.23. The van der Waals surface area contributed by atoms with Crippen molar-refractivity contribution in [1.29, 1.82) is 0 Å². The summed E-state index contributed by atoms with van der Waals surface area (Å²) < 4.78 is 18.2. The monoisotopic (exact) mass is 460 g/mol. The number of aliphatic hydroxyl groups excluding tert-OH is 1. The summed E-state index contributed by atoms with van der Waals surface area (Å²) in [5, 5.41) is 10.5. The molecule has 1 atom stereocenters. The summed E-state index contributed by atoms with van der Waals surface area (Å²) in [6, 6.07) is 16.8. The minimum absolute atomic E-state index is 0.156. The van der Waals surface area contributed by atoms with Gasteiger partial charge in [-0.15, -0.1) is 0 Å². The molecule has 0 amide bonds. The fraction of sp³-hybridized carbons (Fsp3) is 0.310. The third kappa shape index (κ3) is 4.95. The quantitative estimate of drug-likeness (QED) is 0.407. The van der Waals surface area contributed by atoms with Gasteiger partial charge < -0.3 is 9.84 Å². The van der Waals surface area contributed by atoms with E-state index < -0.39 is 12.1 Å². The van der Waals surface area contributed by atoms with Gasteiger partial charge in [0.1, 0.15) is 18.0 Å². The Morgan fingerprint density at radius 1 is 1.06 bits per heavy atom. The predicted octanol–water partition coefficient (Wildman–Crippen LogP) is 5.68. The van der Waals surface area contributed by atoms with Crippen LogP contribution in [0.3, 0.4) is 0 Å². The third-order valence-electron chi connectivity index (χ3n) is 6.80. The molecule has 2 aromatic carbocycles. The number of Topliss-reactive ketones (excluding diaryl/α,β-unsaturated/α-hetero) is 1. The third-order valence-corrected chi connectivity index (χ3v) is 6.80. The van der Waals surface area contributed by atoms with Crippen LogP contribution in [-0.4, -0.2) is 30.1 Å². The van der Waals surface area contributed by atoms with Gasteiger partial charge in [0.05, 0.1) is 13.2 Å². The molecule has 5 heteroatoms. The highest BCUT2D eigenvalue weighted by Gasteiger charge is 2.45. The minimum atomic E-state index is -1.02. The lowest BCUT2D eigenvalue weighted by molar-refractivity contribution is -0.143. The second kappa shape index (κ2) is 10.3. The summed E-state index contributed by atoms with van der Waals surface area (Å²) in [6.07, 6.45) is 8.39. The van der Waals surface area contributed by atoms with E-state index in [1.54, 1.807) is 18.2 Å². The van der Waals surface area contributed by atoms with Gasteiger partial charge in [-0.3, -0.25) is 9.59 Å². The second-order valence-corrected chi connectivity index (χ2v) is 8.97. The molecule has 1 fully saturated rings. The first-order valence-corrected chi connectivity index (χ1v) is 11.7. The Morgan fingerprint density at radius 2 is 1.74 bits per heavy atom. The Labute approximate surface area is 199 Å². The van der Waals surface area contributed by atoms with Crippen molar-refractivity contribution < 1.29 is 23.8 Å². The lowest BCUT2D eigenvalue weighted by atomic mass is 9.72. The maximum absolute atomic E-state index is 13.7. The zero-order valence-corrected chi connectivity index (χ0v) is 19.3. The van der Waals surface area contributed by atoms with Crippen LogP contribution in [0.1, 0.15) is 49.7 Å². The highest BCUT2D eigenvalue weighted by Crippen LogP contribution is 2.59. The van der Waals surface area contributed by atoms with Crippen LogP contribution in [0.25, 0.3) is 11.1 Å². The number of allylic oxidation sites excluding steroid dienone is 5. The molecule has 0 saturated heterocycles. The van der Waals surface area contributed by atoms with Gasteiger partial charge in [-0.05, 0) is 58.9 Å². The Kier molecular flexibility index (Phi) is 7.23. The Hall–Kier alpha value is -3.31. The lowest BCUT2D eigenvalue weighted by Crippen LogP contribution is -2.19. The molecular weight excluding hydrogens is 431 g/mol. The molecule has 2 aromatic rings. The number of aliphatic hydroxyl groups is 1. The van der Waals surface area contributed by atoms with E-state index in [-0.39, 0.29) is 29.9 Å². The predicted molar refractivity (Wildman–Crippen MR) is 130 cm³/mol. The largest absolute Gasteiger partial charge is 0.469 e. The Bertz CT molecular complexity index is 1140. The van der Waals surface area contributed by atoms with E-state index >= 15 is 0 Å². The standard InChI is InChI=1S/C29H29FO4/c1-34-28(33)18-24(32)17-23(31)13-14-26-25(20-9-11-22(30)12-10-20)19-27(21-7-3-2-4-8-21)29(26)15-5-6-16-29/h2-4,7-14,19,23,31H,5-6,15-18H2,1H3. The average Bonchev–Trinajstić information content (AvgIpc) is 3.44. The normalized spacial score (nSPS) is 17.9. The van der Waals surface area contributed by atoms with Crippen molar-refractivity contribution in [2.45, 2.75) is 44.6 Å². The van der Waals surface area contributed by atoms with E-state index in [9.17, 15) is 19.1 Å². The summed E-state index contributed by atoms with van der Waals surface area (Å²) in [5.74, 6) is -1.27. The van der Waals surface area contributed by atoms with Crippen molar-refractivity contribution in [1.82, 2.24) is 0 Å². The van der Waals surface area contributed by atoms with E-state index in [0.29, 0.717) is 0 Å². The average molecular weight is 461 g/mol. The molecule has 4 nitrogen and oxygen atoms in total. The van der Waals surface area contributed by atoms with Crippen LogP contribution in [-0.2, 0) is 14.3 Å². The van der Waals surface area contributed by atoms with Crippen LogP contribution in [0.15, 0.2) is 78.4 Å². The zero-order valence-electron chi connectivity index (χ0n) is 19.3. The highest BCUT2D eigenvalue weighted by atomic mass is 19.1. The number of methoxy groups -OCH3 is 1. The molecule has 0 bridgehead atoms. The van der Waals surface area contributed by atoms with Gasteiger partial charge in [0.25, 0.3) is 0 Å². The van der Waals surface area contributed by atoms with Gasteiger partial charge in [-0.2, -0.15) is 0 Å². The smallest absolute Gasteiger partial charge is 0.313 e. The number of hydrogen-bond donors (Lipinski definition) is 1. The molecule has 1 saturated carbocycles. The fourth-order valence-electron chi connectivity index (χ4n) is 5.19. The topological polar surface area (TPSA) is 63.6 Å². The number of ether oxygens (including phenoxy) is 1. The van der Waals surface area contributed by atoms with Gasteiger partial charge >= 0.3 is 5.97 Å². The minimum Gasteiger partial charge on any atom is -0.469 e. The van der Waals surface area contributed by atoms with E-state index in [1.807, 2.05) is 24.3 Å². The molecule has 34 heavy (non-hydrogen) atoms. The van der Waals surface area contributed by atoms with Crippen molar-refractivity contribution in [3.05, 3.63) is 95.3 Å². The van der Waals surface area contributed by atoms with Crippen LogP contribution in [0.2, 0.25) is 0 Å². The van der Waals surface area contributed by atoms with Gasteiger partial charge in [0.15, 0.2) is 0 Å². The van der Waals surface area contributed by atoms with Crippen LogP contribution in [0, 0.1) is 11.2 Å². The van der Waals surface area contributed by atoms with E-state index in [4.69, 9.17) is 0 Å². The van der Waals surface area contributed by atoms with Gasteiger partial charge in [-0.1, -0.05) is 67.5 Å². The number of ketones is 1. The van der Waals surface area contributed by atoms with Crippen molar-refractivity contribution in [2.24, 2.45) is 5.41 Å². The molecule has 2 aliphatic rings. The number of carbonyl (C=O) groups is 2. The summed E-state index contributed by atoms with van der Waals surface area (Å²) in [5.41, 5.74) is 5.19. The second-order valence-electron chi connectivity index (χ2n) is 8.97. The van der Waals surface area contributed by atoms with Crippen molar-refractivity contribution in [2.75, 3.05) is 7.11 Å².